The van der Waals surface area contributed by atoms with Crippen molar-refractivity contribution in [2.24, 2.45) is 0 Å². The van der Waals surface area contributed by atoms with Gasteiger partial charge < -0.3 is 5.73 Å². The highest BCUT2D eigenvalue weighted by molar-refractivity contribution is 7.99. The standard InChI is InChI=1S/C10H10N4S/c1-7-5-12-10(13-6-7)15-9-4-2-3-8(11)14-9/h2-6H,1H3,(H2,11,14). The molecule has 0 aliphatic carbocycles. The van der Waals surface area contributed by atoms with E-state index < -0.39 is 0 Å². The number of hydrogen-bond acceptors (Lipinski definition) is 5. The van der Waals surface area contributed by atoms with E-state index in [4.69, 9.17) is 5.73 Å². The maximum atomic E-state index is 5.57. The van der Waals surface area contributed by atoms with E-state index in [9.17, 15) is 0 Å². The maximum absolute atomic E-state index is 5.57. The summed E-state index contributed by atoms with van der Waals surface area (Å²) >= 11 is 1.40. The molecule has 2 aromatic rings. The van der Waals surface area contributed by atoms with Crippen molar-refractivity contribution in [1.82, 2.24) is 15.0 Å². The minimum atomic E-state index is 0.507. The van der Waals surface area contributed by atoms with Crippen LogP contribution in [0.1, 0.15) is 5.56 Å². The maximum Gasteiger partial charge on any atom is 0.193 e. The van der Waals surface area contributed by atoms with Crippen LogP contribution >= 0.6 is 11.8 Å². The van der Waals surface area contributed by atoms with Gasteiger partial charge in [0.1, 0.15) is 10.8 Å². The fourth-order valence-corrected chi connectivity index (χ4v) is 1.71. The molecule has 2 heterocycles. The first kappa shape index (κ1) is 9.92. The molecule has 15 heavy (non-hydrogen) atoms. The summed E-state index contributed by atoms with van der Waals surface area (Å²) < 4.78 is 0. The Morgan fingerprint density at radius 2 is 1.93 bits per heavy atom. The Bertz CT molecular complexity index is 455. The van der Waals surface area contributed by atoms with Gasteiger partial charge in [0.25, 0.3) is 0 Å². The zero-order valence-electron chi connectivity index (χ0n) is 8.21. The van der Waals surface area contributed by atoms with E-state index in [-0.39, 0.29) is 0 Å². The van der Waals surface area contributed by atoms with Crippen molar-refractivity contribution in [3.8, 4) is 0 Å². The van der Waals surface area contributed by atoms with E-state index >= 15 is 0 Å². The van der Waals surface area contributed by atoms with Crippen LogP contribution in [-0.2, 0) is 0 Å². The molecule has 4 nitrogen and oxygen atoms in total. The van der Waals surface area contributed by atoms with Crippen molar-refractivity contribution >= 4 is 17.6 Å². The third-order valence-electron chi connectivity index (χ3n) is 1.70. The van der Waals surface area contributed by atoms with E-state index in [0.717, 1.165) is 10.6 Å². The van der Waals surface area contributed by atoms with E-state index in [0.29, 0.717) is 11.0 Å². The Labute approximate surface area is 92.0 Å². The normalized spacial score (nSPS) is 10.2. The second kappa shape index (κ2) is 4.27. The summed E-state index contributed by atoms with van der Waals surface area (Å²) in [6.45, 7) is 1.95. The molecule has 0 aliphatic heterocycles. The first-order chi connectivity index (χ1) is 7.24. The number of aryl methyl sites for hydroxylation is 1. The summed E-state index contributed by atoms with van der Waals surface area (Å²) in [4.78, 5) is 12.5. The van der Waals surface area contributed by atoms with Gasteiger partial charge in [-0.15, -0.1) is 0 Å². The summed E-state index contributed by atoms with van der Waals surface area (Å²) in [6.07, 6.45) is 3.56. The van der Waals surface area contributed by atoms with Gasteiger partial charge in [0.05, 0.1) is 0 Å². The van der Waals surface area contributed by atoms with Crippen molar-refractivity contribution in [1.29, 1.82) is 0 Å². The zero-order chi connectivity index (χ0) is 10.7. The Balaban J connectivity index is 2.18. The number of aromatic nitrogens is 3. The van der Waals surface area contributed by atoms with Crippen molar-refractivity contribution in [3.05, 3.63) is 36.2 Å². The third-order valence-corrected chi connectivity index (χ3v) is 2.53. The van der Waals surface area contributed by atoms with Crippen LogP contribution < -0.4 is 5.73 Å². The molecule has 0 radical (unpaired) electrons. The fourth-order valence-electron chi connectivity index (χ4n) is 1.01. The largest absolute Gasteiger partial charge is 0.384 e. The van der Waals surface area contributed by atoms with Crippen molar-refractivity contribution in [3.63, 3.8) is 0 Å². The van der Waals surface area contributed by atoms with Gasteiger partial charge in [0.15, 0.2) is 5.16 Å². The smallest absolute Gasteiger partial charge is 0.193 e. The molecule has 2 rings (SSSR count). The predicted octanol–water partition coefficient (Wildman–Crippen LogP) is 1.91. The second-order valence-corrected chi connectivity index (χ2v) is 4.03. The van der Waals surface area contributed by atoms with Crippen molar-refractivity contribution in [2.75, 3.05) is 5.73 Å². The lowest BCUT2D eigenvalue weighted by Crippen LogP contribution is -1.91. The molecule has 0 spiro atoms. The molecule has 0 amide bonds. The molecule has 0 aromatic carbocycles. The van der Waals surface area contributed by atoms with Gasteiger partial charge in [-0.3, -0.25) is 0 Å². The molecule has 0 bridgehead atoms. The fraction of sp³-hybridized carbons (Fsp3) is 0.100. The Morgan fingerprint density at radius 3 is 2.60 bits per heavy atom. The number of rotatable bonds is 2. The number of nitrogens with two attached hydrogens (primary N) is 1. The lowest BCUT2D eigenvalue weighted by Gasteiger charge is -1.99. The lowest BCUT2D eigenvalue weighted by molar-refractivity contribution is 0.945. The van der Waals surface area contributed by atoms with Gasteiger partial charge in [0.2, 0.25) is 0 Å². The molecule has 0 atom stereocenters. The van der Waals surface area contributed by atoms with Crippen LogP contribution in [0.4, 0.5) is 5.82 Å². The van der Waals surface area contributed by atoms with Crippen LogP contribution in [0.5, 0.6) is 0 Å². The van der Waals surface area contributed by atoms with Gasteiger partial charge in [-0.1, -0.05) is 6.07 Å². The molecule has 0 saturated carbocycles. The SMILES string of the molecule is Cc1cnc(Sc2cccc(N)n2)nc1. The van der Waals surface area contributed by atoms with Crippen LogP contribution in [0.3, 0.4) is 0 Å². The predicted molar refractivity (Wildman–Crippen MR) is 59.5 cm³/mol. The van der Waals surface area contributed by atoms with Crippen LogP contribution in [0, 0.1) is 6.92 Å². The van der Waals surface area contributed by atoms with Crippen molar-refractivity contribution < 1.29 is 0 Å². The average Bonchev–Trinajstić information content (AvgIpc) is 2.22. The average molecular weight is 218 g/mol. The molecule has 2 N–H and O–H groups in total. The third kappa shape index (κ3) is 2.66. The topological polar surface area (TPSA) is 64.7 Å². The molecule has 0 saturated heterocycles. The summed E-state index contributed by atoms with van der Waals surface area (Å²) in [5.74, 6) is 0.507. The molecule has 0 fully saturated rings. The Kier molecular flexibility index (Phi) is 2.82. The van der Waals surface area contributed by atoms with Gasteiger partial charge in [0, 0.05) is 12.4 Å². The zero-order valence-corrected chi connectivity index (χ0v) is 9.03. The van der Waals surface area contributed by atoms with E-state index in [1.807, 2.05) is 19.1 Å². The van der Waals surface area contributed by atoms with Crippen LogP contribution in [0.15, 0.2) is 40.8 Å². The van der Waals surface area contributed by atoms with E-state index in [1.165, 1.54) is 11.8 Å². The Morgan fingerprint density at radius 1 is 1.20 bits per heavy atom. The second-order valence-electron chi connectivity index (χ2n) is 3.05. The summed E-state index contributed by atoms with van der Waals surface area (Å²) in [5, 5.41) is 1.48. The molecule has 2 aromatic heterocycles. The quantitative estimate of drug-likeness (QED) is 0.780. The number of hydrogen-bond donors (Lipinski definition) is 1. The number of pyridine rings is 1. The Hall–Kier alpha value is -1.62. The summed E-state index contributed by atoms with van der Waals surface area (Å²) in [7, 11) is 0. The van der Waals surface area contributed by atoms with Crippen LogP contribution in [0.2, 0.25) is 0 Å². The molecular weight excluding hydrogens is 208 g/mol. The highest BCUT2D eigenvalue weighted by atomic mass is 32.2. The molecule has 0 unspecified atom stereocenters. The molecule has 76 valence electrons. The summed E-state index contributed by atoms with van der Waals surface area (Å²) in [5.41, 5.74) is 6.61. The van der Waals surface area contributed by atoms with Crippen LogP contribution in [-0.4, -0.2) is 15.0 Å². The molecule has 5 heteroatoms. The first-order valence-corrected chi connectivity index (χ1v) is 5.25. The van der Waals surface area contributed by atoms with Gasteiger partial charge in [-0.2, -0.15) is 0 Å². The highest BCUT2D eigenvalue weighted by Crippen LogP contribution is 2.22. The minimum absolute atomic E-state index is 0.507. The number of nitrogen functional groups attached to an aromatic ring is 1. The van der Waals surface area contributed by atoms with Gasteiger partial charge in [-0.05, 0) is 36.4 Å². The number of anilines is 1. The molecular formula is C10H10N4S. The monoisotopic (exact) mass is 218 g/mol. The number of nitrogens with zero attached hydrogens (tertiary/aromatic N) is 3. The van der Waals surface area contributed by atoms with E-state index in [2.05, 4.69) is 15.0 Å². The van der Waals surface area contributed by atoms with Gasteiger partial charge in [-0.25, -0.2) is 15.0 Å². The first-order valence-electron chi connectivity index (χ1n) is 4.43. The van der Waals surface area contributed by atoms with E-state index in [1.54, 1.807) is 18.5 Å². The molecule has 0 aliphatic rings. The van der Waals surface area contributed by atoms with Crippen molar-refractivity contribution in [2.45, 2.75) is 17.1 Å². The highest BCUT2D eigenvalue weighted by Gasteiger charge is 2.01. The summed E-state index contributed by atoms with van der Waals surface area (Å²) in [6, 6.07) is 5.49. The minimum Gasteiger partial charge on any atom is -0.384 e. The van der Waals surface area contributed by atoms with Crippen LogP contribution in [0.25, 0.3) is 0 Å². The van der Waals surface area contributed by atoms with Gasteiger partial charge >= 0.3 is 0 Å². The lowest BCUT2D eigenvalue weighted by atomic mass is 10.4.